The molecule has 0 N–H and O–H groups in total. The van der Waals surface area contributed by atoms with Gasteiger partial charge in [-0.2, -0.15) is 0 Å². The molecule has 1 aromatic carbocycles. The normalized spacial score (nSPS) is 17.9. The van der Waals surface area contributed by atoms with E-state index in [-0.39, 0.29) is 12.4 Å². The van der Waals surface area contributed by atoms with Gasteiger partial charge in [-0.1, -0.05) is 0 Å². The van der Waals surface area contributed by atoms with E-state index in [9.17, 15) is 9.59 Å². The Balaban J connectivity index is 1.52. The van der Waals surface area contributed by atoms with Gasteiger partial charge in [-0.05, 0) is 31.5 Å². The molecule has 27 heavy (non-hydrogen) atoms. The van der Waals surface area contributed by atoms with E-state index >= 15 is 0 Å². The van der Waals surface area contributed by atoms with E-state index in [1.165, 1.54) is 6.07 Å². The smallest absolute Gasteiger partial charge is 0.336 e. The number of hydrogen-bond donors (Lipinski definition) is 0. The molecule has 0 saturated heterocycles. The molecule has 0 radical (unpaired) electrons. The summed E-state index contributed by atoms with van der Waals surface area (Å²) in [7, 11) is 0. The van der Waals surface area contributed by atoms with Crippen LogP contribution in [0.5, 0.6) is 5.75 Å². The van der Waals surface area contributed by atoms with Gasteiger partial charge in [-0.25, -0.2) is 9.78 Å². The Morgan fingerprint density at radius 3 is 3.00 bits per heavy atom. The number of aromatic nitrogens is 2. The lowest BCUT2D eigenvalue weighted by atomic mass is 9.90. The zero-order chi connectivity index (χ0) is 19.0. The van der Waals surface area contributed by atoms with Gasteiger partial charge in [0.25, 0.3) is 0 Å². The van der Waals surface area contributed by atoms with Crippen molar-refractivity contribution in [3.05, 3.63) is 59.0 Å². The molecule has 0 fully saturated rings. The second kappa shape index (κ2) is 6.57. The number of esters is 1. The zero-order valence-corrected chi connectivity index (χ0v) is 15.2. The van der Waals surface area contributed by atoms with E-state index in [0.29, 0.717) is 24.3 Å². The highest BCUT2D eigenvalue weighted by molar-refractivity contribution is 5.79. The SMILES string of the molecule is CC1(C)Oc2cc3oc(=O)ccc3cc2C[C@H]1OC(=O)CCn1ccnc1. The molecule has 1 aliphatic heterocycles. The van der Waals surface area contributed by atoms with Gasteiger partial charge < -0.3 is 18.5 Å². The molecule has 0 aliphatic carbocycles. The van der Waals surface area contributed by atoms with Gasteiger partial charge in [0, 0.05) is 42.9 Å². The molecule has 0 spiro atoms. The summed E-state index contributed by atoms with van der Waals surface area (Å²) >= 11 is 0. The average molecular weight is 368 g/mol. The number of nitrogens with zero attached hydrogens (tertiary/aromatic N) is 2. The number of imidazole rings is 1. The Morgan fingerprint density at radius 2 is 2.22 bits per heavy atom. The van der Waals surface area contributed by atoms with Crippen LogP contribution in [0.4, 0.5) is 0 Å². The quantitative estimate of drug-likeness (QED) is 0.520. The number of carbonyl (C=O) groups is 1. The van der Waals surface area contributed by atoms with Crippen LogP contribution in [0.3, 0.4) is 0 Å². The Bertz CT molecular complexity index is 1040. The summed E-state index contributed by atoms with van der Waals surface area (Å²) in [5.41, 5.74) is 0.304. The van der Waals surface area contributed by atoms with Crippen LogP contribution in [0.25, 0.3) is 11.0 Å². The summed E-state index contributed by atoms with van der Waals surface area (Å²) in [5, 5.41) is 0.807. The molecule has 1 aliphatic rings. The topological polar surface area (TPSA) is 83.6 Å². The summed E-state index contributed by atoms with van der Waals surface area (Å²) in [4.78, 5) is 27.7. The number of fused-ring (bicyclic) bond motifs is 2. The first-order valence-electron chi connectivity index (χ1n) is 8.82. The number of rotatable bonds is 4. The predicted molar refractivity (Wildman–Crippen MR) is 97.6 cm³/mol. The Kier molecular flexibility index (Phi) is 4.22. The summed E-state index contributed by atoms with van der Waals surface area (Å²) in [5.74, 6) is 0.369. The molecule has 3 aromatic rings. The highest BCUT2D eigenvalue weighted by Crippen LogP contribution is 2.37. The lowest BCUT2D eigenvalue weighted by molar-refractivity contribution is -0.161. The van der Waals surface area contributed by atoms with E-state index in [1.54, 1.807) is 30.9 Å². The van der Waals surface area contributed by atoms with Crippen molar-refractivity contribution in [3.63, 3.8) is 0 Å². The van der Waals surface area contributed by atoms with Crippen molar-refractivity contribution in [2.45, 2.75) is 44.9 Å². The molecule has 7 nitrogen and oxygen atoms in total. The van der Waals surface area contributed by atoms with Crippen molar-refractivity contribution in [3.8, 4) is 5.75 Å². The highest BCUT2D eigenvalue weighted by Gasteiger charge is 2.40. The van der Waals surface area contributed by atoms with Crippen molar-refractivity contribution in [2.75, 3.05) is 0 Å². The van der Waals surface area contributed by atoms with Crippen molar-refractivity contribution < 1.29 is 18.7 Å². The van der Waals surface area contributed by atoms with Crippen LogP contribution in [0, 0.1) is 0 Å². The summed E-state index contributed by atoms with van der Waals surface area (Å²) in [6, 6.07) is 6.74. The van der Waals surface area contributed by atoms with Crippen LogP contribution in [0.1, 0.15) is 25.8 Å². The van der Waals surface area contributed by atoms with Crippen LogP contribution in [-0.4, -0.2) is 27.2 Å². The third kappa shape index (κ3) is 3.58. The van der Waals surface area contributed by atoms with E-state index in [0.717, 1.165) is 10.9 Å². The summed E-state index contributed by atoms with van der Waals surface area (Å²) < 4.78 is 18.9. The number of benzene rings is 1. The second-order valence-electron chi connectivity index (χ2n) is 7.19. The minimum Gasteiger partial charge on any atom is -0.484 e. The first kappa shape index (κ1) is 17.3. The van der Waals surface area contributed by atoms with Crippen molar-refractivity contribution in [2.24, 2.45) is 0 Å². The monoisotopic (exact) mass is 368 g/mol. The second-order valence-corrected chi connectivity index (χ2v) is 7.19. The molecular formula is C20H20N2O5. The average Bonchev–Trinajstić information content (AvgIpc) is 3.12. The fourth-order valence-corrected chi connectivity index (χ4v) is 3.23. The third-order valence-corrected chi connectivity index (χ3v) is 4.76. The molecule has 0 unspecified atom stereocenters. The molecule has 2 aromatic heterocycles. The van der Waals surface area contributed by atoms with E-state index in [4.69, 9.17) is 13.9 Å². The van der Waals surface area contributed by atoms with Crippen molar-refractivity contribution in [1.29, 1.82) is 0 Å². The van der Waals surface area contributed by atoms with E-state index in [2.05, 4.69) is 4.98 Å². The maximum atomic E-state index is 12.3. The van der Waals surface area contributed by atoms with Gasteiger partial charge in [-0.15, -0.1) is 0 Å². The number of hydrogen-bond acceptors (Lipinski definition) is 6. The fourth-order valence-electron chi connectivity index (χ4n) is 3.23. The number of aryl methyl sites for hydroxylation is 1. The molecular weight excluding hydrogens is 348 g/mol. The van der Waals surface area contributed by atoms with Crippen LogP contribution in [0.15, 0.2) is 52.2 Å². The van der Waals surface area contributed by atoms with Gasteiger partial charge in [0.15, 0.2) is 0 Å². The van der Waals surface area contributed by atoms with E-state index in [1.807, 2.05) is 24.5 Å². The van der Waals surface area contributed by atoms with Crippen LogP contribution >= 0.6 is 0 Å². The number of ether oxygens (including phenoxy) is 2. The molecule has 7 heteroatoms. The molecule has 3 heterocycles. The lowest BCUT2D eigenvalue weighted by Crippen LogP contribution is -2.48. The summed E-state index contributed by atoms with van der Waals surface area (Å²) in [6.07, 6.45) is 5.54. The Hall–Kier alpha value is -3.09. The van der Waals surface area contributed by atoms with Gasteiger partial charge in [0.2, 0.25) is 0 Å². The highest BCUT2D eigenvalue weighted by atomic mass is 16.6. The van der Waals surface area contributed by atoms with Gasteiger partial charge in [0.1, 0.15) is 23.0 Å². The zero-order valence-electron chi connectivity index (χ0n) is 15.2. The van der Waals surface area contributed by atoms with Crippen LogP contribution in [0.2, 0.25) is 0 Å². The summed E-state index contributed by atoms with van der Waals surface area (Å²) in [6.45, 7) is 4.29. The maximum absolute atomic E-state index is 12.3. The first-order valence-corrected chi connectivity index (χ1v) is 8.82. The molecule has 0 saturated carbocycles. The predicted octanol–water partition coefficient (Wildman–Crippen LogP) is 2.71. The van der Waals surface area contributed by atoms with Gasteiger partial charge in [-0.3, -0.25) is 4.79 Å². The van der Waals surface area contributed by atoms with Gasteiger partial charge >= 0.3 is 11.6 Å². The fraction of sp³-hybridized carbons (Fsp3) is 0.350. The maximum Gasteiger partial charge on any atom is 0.336 e. The molecule has 1 atom stereocenters. The van der Waals surface area contributed by atoms with Crippen molar-refractivity contribution in [1.82, 2.24) is 9.55 Å². The molecule has 0 amide bonds. The van der Waals surface area contributed by atoms with E-state index < -0.39 is 17.3 Å². The molecule has 140 valence electrons. The Labute approximate surface area is 155 Å². The molecule has 0 bridgehead atoms. The van der Waals surface area contributed by atoms with Gasteiger partial charge in [0.05, 0.1) is 12.7 Å². The number of carbonyl (C=O) groups excluding carboxylic acids is 1. The van der Waals surface area contributed by atoms with Crippen LogP contribution < -0.4 is 10.4 Å². The lowest BCUT2D eigenvalue weighted by Gasteiger charge is -2.39. The van der Waals surface area contributed by atoms with Crippen LogP contribution in [-0.2, 0) is 22.5 Å². The minimum atomic E-state index is -0.694. The largest absolute Gasteiger partial charge is 0.484 e. The Morgan fingerprint density at radius 1 is 1.37 bits per heavy atom. The standard InChI is InChI=1S/C20H20N2O5/c1-20(2)17(26-19(24)5-7-22-8-6-21-12-22)10-14-9-13-3-4-18(23)25-15(13)11-16(14)27-20/h3-4,6,8-9,11-12,17H,5,7,10H2,1-2H3/t17-/m1/s1. The first-order chi connectivity index (χ1) is 12.9. The molecule has 4 rings (SSSR count). The van der Waals surface area contributed by atoms with Crippen molar-refractivity contribution >= 4 is 16.9 Å². The minimum absolute atomic E-state index is 0.263. The third-order valence-electron chi connectivity index (χ3n) is 4.76.